The molecule has 27 heavy (non-hydrogen) atoms. The minimum absolute atomic E-state index is 0.0566. The van der Waals surface area contributed by atoms with Gasteiger partial charge in [-0.05, 0) is 54.3 Å². The number of amides is 2. The molecule has 2 aromatic rings. The summed E-state index contributed by atoms with van der Waals surface area (Å²) in [7, 11) is 1.61. The highest BCUT2D eigenvalue weighted by Crippen LogP contribution is 2.48. The molecule has 0 radical (unpaired) electrons. The largest absolute Gasteiger partial charge is 0.497 e. The van der Waals surface area contributed by atoms with Crippen molar-refractivity contribution < 1.29 is 24.2 Å². The Morgan fingerprint density at radius 1 is 1.07 bits per heavy atom. The third-order valence-corrected chi connectivity index (χ3v) is 4.49. The van der Waals surface area contributed by atoms with E-state index in [1.165, 1.54) is 0 Å². The van der Waals surface area contributed by atoms with E-state index in [4.69, 9.17) is 9.84 Å². The molecule has 3 rings (SSSR count). The molecule has 140 valence electrons. The van der Waals surface area contributed by atoms with Crippen LogP contribution in [0, 0.1) is 5.92 Å². The summed E-state index contributed by atoms with van der Waals surface area (Å²) in [6.45, 7) is -0.439. The molecule has 0 aromatic heterocycles. The lowest BCUT2D eigenvalue weighted by Crippen LogP contribution is -2.29. The van der Waals surface area contributed by atoms with Gasteiger partial charge in [0.05, 0.1) is 7.11 Å². The van der Waals surface area contributed by atoms with E-state index in [9.17, 15) is 14.4 Å². The van der Waals surface area contributed by atoms with Crippen LogP contribution in [0.1, 0.15) is 28.3 Å². The van der Waals surface area contributed by atoms with E-state index in [0.29, 0.717) is 11.3 Å². The fourth-order valence-electron chi connectivity index (χ4n) is 2.90. The zero-order chi connectivity index (χ0) is 19.4. The van der Waals surface area contributed by atoms with Crippen LogP contribution in [0.3, 0.4) is 0 Å². The number of aliphatic carboxylic acids is 1. The van der Waals surface area contributed by atoms with Crippen molar-refractivity contribution in [2.24, 2.45) is 5.92 Å². The molecule has 7 nitrogen and oxygen atoms in total. The maximum atomic E-state index is 12.4. The van der Waals surface area contributed by atoms with Crippen molar-refractivity contribution >= 4 is 23.5 Å². The van der Waals surface area contributed by atoms with Crippen molar-refractivity contribution in [1.29, 1.82) is 0 Å². The fourth-order valence-corrected chi connectivity index (χ4v) is 2.90. The summed E-state index contributed by atoms with van der Waals surface area (Å²) in [5.41, 5.74) is 2.04. The second-order valence-electron chi connectivity index (χ2n) is 6.36. The van der Waals surface area contributed by atoms with Gasteiger partial charge in [0.2, 0.25) is 5.91 Å². The first-order valence-electron chi connectivity index (χ1n) is 8.53. The van der Waals surface area contributed by atoms with Gasteiger partial charge in [-0.1, -0.05) is 12.1 Å². The van der Waals surface area contributed by atoms with E-state index in [-0.39, 0.29) is 17.7 Å². The summed E-state index contributed by atoms with van der Waals surface area (Å²) in [5.74, 6) is -0.721. The first kappa shape index (κ1) is 18.4. The van der Waals surface area contributed by atoms with Gasteiger partial charge in [0.15, 0.2) is 0 Å². The van der Waals surface area contributed by atoms with E-state index >= 15 is 0 Å². The number of carboxylic acid groups (broad SMARTS) is 1. The molecule has 3 N–H and O–H groups in total. The predicted molar refractivity (Wildman–Crippen MR) is 98.9 cm³/mol. The number of carbonyl (C=O) groups is 3. The Labute approximate surface area is 156 Å². The Morgan fingerprint density at radius 2 is 1.74 bits per heavy atom. The zero-order valence-corrected chi connectivity index (χ0v) is 14.8. The van der Waals surface area contributed by atoms with Crippen LogP contribution < -0.4 is 15.4 Å². The molecular formula is C20H20N2O5. The quantitative estimate of drug-likeness (QED) is 0.695. The number of rotatable bonds is 7. The number of nitrogens with one attached hydrogen (secondary N) is 2. The highest BCUT2D eigenvalue weighted by molar-refractivity contribution is 5.98. The number of hydrogen-bond donors (Lipinski definition) is 3. The zero-order valence-electron chi connectivity index (χ0n) is 14.8. The number of carbonyl (C=O) groups excluding carboxylic acids is 2. The van der Waals surface area contributed by atoms with Crippen molar-refractivity contribution in [2.45, 2.75) is 12.3 Å². The lowest BCUT2D eigenvalue weighted by molar-refractivity contribution is -0.135. The molecule has 1 aliphatic rings. The van der Waals surface area contributed by atoms with Crippen LogP contribution in [0.2, 0.25) is 0 Å². The topological polar surface area (TPSA) is 105 Å². The van der Waals surface area contributed by atoms with Gasteiger partial charge < -0.3 is 20.5 Å². The number of carboxylic acids is 1. The van der Waals surface area contributed by atoms with E-state index in [0.717, 1.165) is 17.7 Å². The SMILES string of the molecule is COc1ccc(C2CC2C(=O)Nc2ccc(C(=O)NCC(=O)O)cc2)cc1. The van der Waals surface area contributed by atoms with E-state index in [1.54, 1.807) is 31.4 Å². The van der Waals surface area contributed by atoms with Crippen LogP contribution in [-0.4, -0.2) is 36.5 Å². The Morgan fingerprint density at radius 3 is 2.33 bits per heavy atom. The molecule has 0 aliphatic heterocycles. The van der Waals surface area contributed by atoms with Crippen LogP contribution in [0.15, 0.2) is 48.5 Å². The average molecular weight is 368 g/mol. The summed E-state index contributed by atoms with van der Waals surface area (Å²) in [5, 5.41) is 13.7. The fraction of sp³-hybridized carbons (Fsp3) is 0.250. The Bertz CT molecular complexity index is 846. The summed E-state index contributed by atoms with van der Waals surface area (Å²) in [6, 6.07) is 14.0. The van der Waals surface area contributed by atoms with Crippen molar-refractivity contribution in [3.05, 3.63) is 59.7 Å². The summed E-state index contributed by atoms with van der Waals surface area (Å²) < 4.78 is 5.14. The van der Waals surface area contributed by atoms with Gasteiger partial charge >= 0.3 is 5.97 Å². The number of anilines is 1. The molecule has 0 spiro atoms. The predicted octanol–water partition coefficient (Wildman–Crippen LogP) is 2.25. The molecule has 1 fully saturated rings. The van der Waals surface area contributed by atoms with Crippen molar-refractivity contribution in [3.63, 3.8) is 0 Å². The van der Waals surface area contributed by atoms with Gasteiger partial charge in [0.25, 0.3) is 5.91 Å². The van der Waals surface area contributed by atoms with Crippen LogP contribution in [-0.2, 0) is 9.59 Å². The van der Waals surface area contributed by atoms with E-state index in [1.807, 2.05) is 24.3 Å². The van der Waals surface area contributed by atoms with Crippen molar-refractivity contribution in [1.82, 2.24) is 5.32 Å². The molecule has 7 heteroatoms. The van der Waals surface area contributed by atoms with Gasteiger partial charge in [-0.15, -0.1) is 0 Å². The van der Waals surface area contributed by atoms with Gasteiger partial charge in [0.1, 0.15) is 12.3 Å². The maximum Gasteiger partial charge on any atom is 0.322 e. The van der Waals surface area contributed by atoms with Crippen LogP contribution in [0.4, 0.5) is 5.69 Å². The molecular weight excluding hydrogens is 348 g/mol. The lowest BCUT2D eigenvalue weighted by Gasteiger charge is -2.07. The molecule has 1 saturated carbocycles. The first-order valence-corrected chi connectivity index (χ1v) is 8.53. The maximum absolute atomic E-state index is 12.4. The molecule has 2 amide bonds. The lowest BCUT2D eigenvalue weighted by atomic mass is 10.1. The third kappa shape index (κ3) is 4.63. The molecule has 0 saturated heterocycles. The van der Waals surface area contributed by atoms with Crippen LogP contribution in [0.25, 0.3) is 0 Å². The Kier molecular flexibility index (Phi) is 5.40. The highest BCUT2D eigenvalue weighted by atomic mass is 16.5. The van der Waals surface area contributed by atoms with Crippen molar-refractivity contribution in [2.75, 3.05) is 19.0 Å². The minimum atomic E-state index is -1.11. The van der Waals surface area contributed by atoms with Gasteiger partial charge in [-0.25, -0.2) is 0 Å². The highest BCUT2D eigenvalue weighted by Gasteiger charge is 2.43. The third-order valence-electron chi connectivity index (χ3n) is 4.49. The Hall–Kier alpha value is -3.35. The van der Waals surface area contributed by atoms with E-state index in [2.05, 4.69) is 10.6 Å². The minimum Gasteiger partial charge on any atom is -0.497 e. The van der Waals surface area contributed by atoms with Crippen LogP contribution in [0.5, 0.6) is 5.75 Å². The summed E-state index contributed by atoms with van der Waals surface area (Å²) in [6.07, 6.45) is 0.799. The number of benzene rings is 2. The molecule has 2 unspecified atom stereocenters. The number of ether oxygens (including phenoxy) is 1. The molecule has 0 bridgehead atoms. The standard InChI is InChI=1S/C20H20N2O5/c1-27-15-8-4-12(5-9-15)16-10-17(16)20(26)22-14-6-2-13(3-7-14)19(25)21-11-18(23)24/h2-9,16-17H,10-11H2,1H3,(H,21,25)(H,22,26)(H,23,24). The Balaban J connectivity index is 1.54. The first-order chi connectivity index (χ1) is 13.0. The van der Waals surface area contributed by atoms with Gasteiger partial charge in [-0.3, -0.25) is 14.4 Å². The summed E-state index contributed by atoms with van der Waals surface area (Å²) >= 11 is 0. The van der Waals surface area contributed by atoms with Crippen LogP contribution >= 0.6 is 0 Å². The second kappa shape index (κ2) is 7.90. The smallest absolute Gasteiger partial charge is 0.322 e. The molecule has 1 aliphatic carbocycles. The number of hydrogen-bond acceptors (Lipinski definition) is 4. The summed E-state index contributed by atoms with van der Waals surface area (Å²) in [4.78, 5) is 34.6. The molecule has 0 heterocycles. The normalized spacial score (nSPS) is 17.7. The monoisotopic (exact) mass is 368 g/mol. The molecule has 2 aromatic carbocycles. The van der Waals surface area contributed by atoms with Gasteiger partial charge in [-0.2, -0.15) is 0 Å². The number of methoxy groups -OCH3 is 1. The molecule has 2 atom stereocenters. The second-order valence-corrected chi connectivity index (χ2v) is 6.36. The van der Waals surface area contributed by atoms with Gasteiger partial charge in [0, 0.05) is 17.2 Å². The van der Waals surface area contributed by atoms with Crippen molar-refractivity contribution in [3.8, 4) is 5.75 Å². The van der Waals surface area contributed by atoms with E-state index < -0.39 is 18.4 Å². The average Bonchev–Trinajstić information content (AvgIpc) is 3.48.